The normalized spacial score (nSPS) is 11.0. The molecular formula is C7H11NO. The SMILES string of the molecule is C/C=C(/C#N)CCOC. The lowest BCUT2D eigenvalue weighted by molar-refractivity contribution is 0.203. The smallest absolute Gasteiger partial charge is 0.0944 e. The lowest BCUT2D eigenvalue weighted by Gasteiger charge is -1.93. The van der Waals surface area contributed by atoms with E-state index in [1.807, 2.05) is 6.92 Å². The molecule has 0 spiro atoms. The van der Waals surface area contributed by atoms with Crippen LogP contribution in [0.5, 0.6) is 0 Å². The van der Waals surface area contributed by atoms with Crippen molar-refractivity contribution in [3.05, 3.63) is 11.6 Å². The number of allylic oxidation sites excluding steroid dienone is 1. The lowest BCUT2D eigenvalue weighted by atomic mass is 10.2. The molecule has 0 radical (unpaired) electrons. The van der Waals surface area contributed by atoms with Gasteiger partial charge in [-0.05, 0) is 6.92 Å². The Labute approximate surface area is 55.7 Å². The topological polar surface area (TPSA) is 33.0 Å². The molecule has 0 unspecified atom stereocenters. The van der Waals surface area contributed by atoms with Crippen LogP contribution in [0.15, 0.2) is 11.6 Å². The number of ether oxygens (including phenoxy) is 1. The van der Waals surface area contributed by atoms with Gasteiger partial charge in [0.25, 0.3) is 0 Å². The van der Waals surface area contributed by atoms with Crippen LogP contribution in [0, 0.1) is 11.3 Å². The predicted molar refractivity (Wildman–Crippen MR) is 35.9 cm³/mol. The van der Waals surface area contributed by atoms with Gasteiger partial charge in [0.1, 0.15) is 0 Å². The van der Waals surface area contributed by atoms with Crippen molar-refractivity contribution in [2.75, 3.05) is 13.7 Å². The summed E-state index contributed by atoms with van der Waals surface area (Å²) in [5.41, 5.74) is 0.789. The van der Waals surface area contributed by atoms with E-state index in [4.69, 9.17) is 10.00 Å². The molecule has 0 amide bonds. The Balaban J connectivity index is 3.49. The van der Waals surface area contributed by atoms with Crippen LogP contribution in [0.3, 0.4) is 0 Å². The second-order valence-electron chi connectivity index (χ2n) is 1.67. The molecule has 0 aromatic carbocycles. The minimum atomic E-state index is 0.632. The molecule has 0 atom stereocenters. The molecule has 2 nitrogen and oxygen atoms in total. The fourth-order valence-corrected chi connectivity index (χ4v) is 0.477. The van der Waals surface area contributed by atoms with E-state index in [0.717, 1.165) is 12.0 Å². The summed E-state index contributed by atoms with van der Waals surface area (Å²) in [5, 5.41) is 8.38. The fourth-order valence-electron chi connectivity index (χ4n) is 0.477. The third kappa shape index (κ3) is 3.75. The second kappa shape index (κ2) is 5.33. The minimum absolute atomic E-state index is 0.632. The molecule has 0 aliphatic carbocycles. The number of hydrogen-bond donors (Lipinski definition) is 0. The van der Waals surface area contributed by atoms with Crippen molar-refractivity contribution in [2.24, 2.45) is 0 Å². The average molecular weight is 125 g/mol. The summed E-state index contributed by atoms with van der Waals surface area (Å²) < 4.78 is 4.78. The Hall–Kier alpha value is -0.810. The minimum Gasteiger partial charge on any atom is -0.384 e. The van der Waals surface area contributed by atoms with Crippen LogP contribution in [-0.2, 0) is 4.74 Å². The highest BCUT2D eigenvalue weighted by Gasteiger charge is 1.90. The monoisotopic (exact) mass is 125 g/mol. The fraction of sp³-hybridized carbons (Fsp3) is 0.571. The molecule has 0 heterocycles. The van der Waals surface area contributed by atoms with Gasteiger partial charge in [-0.3, -0.25) is 0 Å². The van der Waals surface area contributed by atoms with E-state index in [-0.39, 0.29) is 0 Å². The van der Waals surface area contributed by atoms with E-state index in [1.165, 1.54) is 0 Å². The number of hydrogen-bond acceptors (Lipinski definition) is 2. The summed E-state index contributed by atoms with van der Waals surface area (Å²) in [6, 6.07) is 2.07. The standard InChI is InChI=1S/C7H11NO/c1-3-7(6-8)4-5-9-2/h3H,4-5H2,1-2H3/b7-3+. The Kier molecular flexibility index (Phi) is 4.85. The summed E-state index contributed by atoms with van der Waals surface area (Å²) in [6.07, 6.45) is 2.53. The van der Waals surface area contributed by atoms with Gasteiger partial charge in [0, 0.05) is 19.1 Å². The first-order chi connectivity index (χ1) is 4.35. The van der Waals surface area contributed by atoms with Gasteiger partial charge in [0.15, 0.2) is 0 Å². The maximum absolute atomic E-state index is 8.38. The maximum Gasteiger partial charge on any atom is 0.0944 e. The molecule has 0 rings (SSSR count). The summed E-state index contributed by atoms with van der Waals surface area (Å²) >= 11 is 0. The van der Waals surface area contributed by atoms with Crippen molar-refractivity contribution >= 4 is 0 Å². The molecule has 0 N–H and O–H groups in total. The van der Waals surface area contributed by atoms with Gasteiger partial charge in [-0.15, -0.1) is 0 Å². The Morgan fingerprint density at radius 2 is 2.44 bits per heavy atom. The van der Waals surface area contributed by atoms with Gasteiger partial charge in [-0.25, -0.2) is 0 Å². The van der Waals surface area contributed by atoms with Crippen molar-refractivity contribution in [1.82, 2.24) is 0 Å². The van der Waals surface area contributed by atoms with Crippen LogP contribution in [0.1, 0.15) is 13.3 Å². The third-order valence-corrected chi connectivity index (χ3v) is 1.07. The second-order valence-corrected chi connectivity index (χ2v) is 1.67. The van der Waals surface area contributed by atoms with E-state index in [9.17, 15) is 0 Å². The zero-order valence-electron chi connectivity index (χ0n) is 5.85. The number of rotatable bonds is 3. The summed E-state index contributed by atoms with van der Waals surface area (Å²) in [6.45, 7) is 2.49. The highest BCUT2D eigenvalue weighted by Crippen LogP contribution is 1.97. The van der Waals surface area contributed by atoms with E-state index in [1.54, 1.807) is 13.2 Å². The maximum atomic E-state index is 8.38. The molecule has 0 bridgehead atoms. The highest BCUT2D eigenvalue weighted by molar-refractivity contribution is 5.19. The molecule has 9 heavy (non-hydrogen) atoms. The Bertz CT molecular complexity index is 132. The summed E-state index contributed by atoms with van der Waals surface area (Å²) in [5.74, 6) is 0. The zero-order valence-corrected chi connectivity index (χ0v) is 5.85. The quantitative estimate of drug-likeness (QED) is 0.535. The van der Waals surface area contributed by atoms with E-state index in [0.29, 0.717) is 6.61 Å². The Morgan fingerprint density at radius 1 is 1.78 bits per heavy atom. The zero-order chi connectivity index (χ0) is 7.11. The van der Waals surface area contributed by atoms with Crippen molar-refractivity contribution < 1.29 is 4.74 Å². The van der Waals surface area contributed by atoms with Crippen LogP contribution in [0.25, 0.3) is 0 Å². The largest absolute Gasteiger partial charge is 0.384 e. The molecule has 0 saturated carbocycles. The van der Waals surface area contributed by atoms with Crippen molar-refractivity contribution in [3.8, 4) is 6.07 Å². The van der Waals surface area contributed by atoms with E-state index >= 15 is 0 Å². The van der Waals surface area contributed by atoms with Crippen LogP contribution >= 0.6 is 0 Å². The van der Waals surface area contributed by atoms with Crippen LogP contribution < -0.4 is 0 Å². The number of nitrogens with zero attached hydrogens (tertiary/aromatic N) is 1. The first-order valence-corrected chi connectivity index (χ1v) is 2.89. The molecule has 0 aromatic heterocycles. The van der Waals surface area contributed by atoms with Crippen LogP contribution in [0.2, 0.25) is 0 Å². The first-order valence-electron chi connectivity index (χ1n) is 2.89. The van der Waals surface area contributed by atoms with Gasteiger partial charge in [-0.2, -0.15) is 5.26 Å². The van der Waals surface area contributed by atoms with Gasteiger partial charge in [0.2, 0.25) is 0 Å². The highest BCUT2D eigenvalue weighted by atomic mass is 16.5. The van der Waals surface area contributed by atoms with Gasteiger partial charge < -0.3 is 4.74 Å². The molecule has 50 valence electrons. The van der Waals surface area contributed by atoms with Gasteiger partial charge in [0.05, 0.1) is 12.7 Å². The average Bonchev–Trinajstić information content (AvgIpc) is 1.91. The lowest BCUT2D eigenvalue weighted by Crippen LogP contribution is -1.89. The Morgan fingerprint density at radius 3 is 2.78 bits per heavy atom. The third-order valence-electron chi connectivity index (χ3n) is 1.07. The van der Waals surface area contributed by atoms with E-state index in [2.05, 4.69) is 6.07 Å². The first kappa shape index (κ1) is 8.19. The number of nitriles is 1. The molecule has 2 heteroatoms. The molecule has 0 aliphatic rings. The van der Waals surface area contributed by atoms with Gasteiger partial charge >= 0.3 is 0 Å². The molecule has 0 aromatic rings. The van der Waals surface area contributed by atoms with E-state index < -0.39 is 0 Å². The van der Waals surface area contributed by atoms with Crippen molar-refractivity contribution in [3.63, 3.8) is 0 Å². The molecule has 0 fully saturated rings. The van der Waals surface area contributed by atoms with Gasteiger partial charge in [-0.1, -0.05) is 6.08 Å². The summed E-state index contributed by atoms with van der Waals surface area (Å²) in [7, 11) is 1.63. The molecular weight excluding hydrogens is 114 g/mol. The van der Waals surface area contributed by atoms with Crippen LogP contribution in [0.4, 0.5) is 0 Å². The number of methoxy groups -OCH3 is 1. The molecule has 0 aliphatic heterocycles. The van der Waals surface area contributed by atoms with Crippen LogP contribution in [-0.4, -0.2) is 13.7 Å². The van der Waals surface area contributed by atoms with Crippen molar-refractivity contribution in [2.45, 2.75) is 13.3 Å². The molecule has 0 saturated heterocycles. The predicted octanol–water partition coefficient (Wildman–Crippen LogP) is 1.49. The van der Waals surface area contributed by atoms with Crippen molar-refractivity contribution in [1.29, 1.82) is 5.26 Å². The summed E-state index contributed by atoms with van der Waals surface area (Å²) in [4.78, 5) is 0.